The van der Waals surface area contributed by atoms with Crippen LogP contribution in [0.4, 0.5) is 4.39 Å². The van der Waals surface area contributed by atoms with E-state index >= 15 is 0 Å². The van der Waals surface area contributed by atoms with Crippen molar-refractivity contribution in [2.75, 3.05) is 32.7 Å². The lowest BCUT2D eigenvalue weighted by Gasteiger charge is -2.27. The Morgan fingerprint density at radius 1 is 1.25 bits per heavy atom. The first-order chi connectivity index (χ1) is 7.84. The second kappa shape index (κ2) is 5.97. The Kier molecular flexibility index (Phi) is 4.31. The van der Waals surface area contributed by atoms with Crippen molar-refractivity contribution in [2.24, 2.45) is 0 Å². The van der Waals surface area contributed by atoms with Gasteiger partial charge in [0.2, 0.25) is 0 Å². The first-order valence-corrected chi connectivity index (χ1v) is 6.02. The largest absolute Gasteiger partial charge is 0.314 e. The minimum absolute atomic E-state index is 0.125. The van der Waals surface area contributed by atoms with Crippen LogP contribution in [0.3, 0.4) is 0 Å². The maximum atomic E-state index is 12.9. The number of hydrogen-bond acceptors (Lipinski definition) is 2. The van der Waals surface area contributed by atoms with Crippen LogP contribution >= 0.6 is 0 Å². The average molecular weight is 222 g/mol. The first kappa shape index (κ1) is 11.6. The van der Waals surface area contributed by atoms with Crippen molar-refractivity contribution in [3.05, 3.63) is 35.6 Å². The molecule has 1 heterocycles. The van der Waals surface area contributed by atoms with Crippen LogP contribution in [0.1, 0.15) is 12.0 Å². The summed E-state index contributed by atoms with van der Waals surface area (Å²) in [5.74, 6) is -0.125. The van der Waals surface area contributed by atoms with Crippen LogP contribution in [0.25, 0.3) is 0 Å². The summed E-state index contributed by atoms with van der Waals surface area (Å²) in [6.07, 6.45) is 2.09. The predicted molar refractivity (Wildman–Crippen MR) is 64.0 cm³/mol. The molecule has 1 N–H and O–H groups in total. The highest BCUT2D eigenvalue weighted by atomic mass is 19.1. The fourth-order valence-electron chi connectivity index (χ4n) is 2.13. The SMILES string of the molecule is Fc1cccc(CCCN2CCNCC2)c1. The van der Waals surface area contributed by atoms with Gasteiger partial charge in [-0.3, -0.25) is 0 Å². The summed E-state index contributed by atoms with van der Waals surface area (Å²) in [4.78, 5) is 2.47. The molecule has 1 saturated heterocycles. The van der Waals surface area contributed by atoms with E-state index in [0.29, 0.717) is 0 Å². The maximum absolute atomic E-state index is 12.9. The highest BCUT2D eigenvalue weighted by molar-refractivity contribution is 5.16. The summed E-state index contributed by atoms with van der Waals surface area (Å²) in [5.41, 5.74) is 1.11. The van der Waals surface area contributed by atoms with E-state index in [1.807, 2.05) is 6.07 Å². The predicted octanol–water partition coefficient (Wildman–Crippen LogP) is 1.66. The molecule has 0 amide bonds. The first-order valence-electron chi connectivity index (χ1n) is 6.02. The molecule has 2 nitrogen and oxygen atoms in total. The number of nitrogens with one attached hydrogen (secondary N) is 1. The molecule has 0 spiro atoms. The monoisotopic (exact) mass is 222 g/mol. The van der Waals surface area contributed by atoms with Crippen molar-refractivity contribution in [3.8, 4) is 0 Å². The minimum atomic E-state index is -0.125. The summed E-state index contributed by atoms with van der Waals surface area (Å²) < 4.78 is 12.9. The molecule has 0 aromatic heterocycles. The Hall–Kier alpha value is -0.930. The minimum Gasteiger partial charge on any atom is -0.314 e. The van der Waals surface area contributed by atoms with E-state index in [4.69, 9.17) is 0 Å². The third-order valence-electron chi connectivity index (χ3n) is 3.04. The third-order valence-corrected chi connectivity index (χ3v) is 3.04. The van der Waals surface area contributed by atoms with Crippen molar-refractivity contribution in [2.45, 2.75) is 12.8 Å². The standard InChI is InChI=1S/C13H19FN2/c14-13-5-1-3-12(11-13)4-2-8-16-9-6-15-7-10-16/h1,3,5,11,15H,2,4,6-10H2. The van der Waals surface area contributed by atoms with Gasteiger partial charge in [0.05, 0.1) is 0 Å². The molecule has 1 aliphatic heterocycles. The number of rotatable bonds is 4. The second-order valence-corrected chi connectivity index (χ2v) is 4.33. The number of halogens is 1. The number of piperazine rings is 1. The molecule has 0 aliphatic carbocycles. The van der Waals surface area contributed by atoms with Gasteiger partial charge in [-0.25, -0.2) is 4.39 Å². The van der Waals surface area contributed by atoms with E-state index in [0.717, 1.165) is 51.1 Å². The average Bonchev–Trinajstić information content (AvgIpc) is 2.30. The molecule has 0 unspecified atom stereocenters. The molecule has 1 aliphatic rings. The normalized spacial score (nSPS) is 17.6. The van der Waals surface area contributed by atoms with Gasteiger partial charge in [0.25, 0.3) is 0 Å². The van der Waals surface area contributed by atoms with E-state index in [2.05, 4.69) is 10.2 Å². The molecule has 1 fully saturated rings. The van der Waals surface area contributed by atoms with Gasteiger partial charge >= 0.3 is 0 Å². The molecule has 2 rings (SSSR count). The molecule has 0 saturated carbocycles. The van der Waals surface area contributed by atoms with Gasteiger partial charge in [-0.05, 0) is 37.1 Å². The second-order valence-electron chi connectivity index (χ2n) is 4.33. The Morgan fingerprint density at radius 3 is 2.81 bits per heavy atom. The maximum Gasteiger partial charge on any atom is 0.123 e. The highest BCUT2D eigenvalue weighted by Gasteiger charge is 2.08. The van der Waals surface area contributed by atoms with Gasteiger partial charge in [0, 0.05) is 26.2 Å². The molecule has 0 bridgehead atoms. The van der Waals surface area contributed by atoms with Crippen LogP contribution in [0.15, 0.2) is 24.3 Å². The van der Waals surface area contributed by atoms with Crippen LogP contribution in [0.2, 0.25) is 0 Å². The fraction of sp³-hybridized carbons (Fsp3) is 0.538. The van der Waals surface area contributed by atoms with Crippen molar-refractivity contribution in [3.63, 3.8) is 0 Å². The zero-order valence-corrected chi connectivity index (χ0v) is 9.58. The van der Waals surface area contributed by atoms with Gasteiger partial charge < -0.3 is 10.2 Å². The molecule has 1 aromatic carbocycles. The summed E-state index contributed by atoms with van der Waals surface area (Å²) >= 11 is 0. The molecule has 88 valence electrons. The molecule has 0 atom stereocenters. The summed E-state index contributed by atoms with van der Waals surface area (Å²) in [6, 6.07) is 6.92. The van der Waals surface area contributed by atoms with Gasteiger partial charge in [-0.15, -0.1) is 0 Å². The van der Waals surface area contributed by atoms with Crippen LogP contribution < -0.4 is 5.32 Å². The topological polar surface area (TPSA) is 15.3 Å². The smallest absolute Gasteiger partial charge is 0.123 e. The lowest BCUT2D eigenvalue weighted by molar-refractivity contribution is 0.238. The van der Waals surface area contributed by atoms with Gasteiger partial charge in [-0.1, -0.05) is 12.1 Å². The van der Waals surface area contributed by atoms with Gasteiger partial charge in [0.15, 0.2) is 0 Å². The number of nitrogens with zero attached hydrogens (tertiary/aromatic N) is 1. The lowest BCUT2D eigenvalue weighted by Crippen LogP contribution is -2.43. The highest BCUT2D eigenvalue weighted by Crippen LogP contribution is 2.07. The van der Waals surface area contributed by atoms with E-state index < -0.39 is 0 Å². The molecular weight excluding hydrogens is 203 g/mol. The van der Waals surface area contributed by atoms with E-state index in [-0.39, 0.29) is 5.82 Å². The van der Waals surface area contributed by atoms with E-state index in [9.17, 15) is 4.39 Å². The fourth-order valence-corrected chi connectivity index (χ4v) is 2.13. The summed E-state index contributed by atoms with van der Waals surface area (Å²) in [5, 5.41) is 3.34. The summed E-state index contributed by atoms with van der Waals surface area (Å²) in [7, 11) is 0. The van der Waals surface area contributed by atoms with Crippen molar-refractivity contribution in [1.29, 1.82) is 0 Å². The zero-order chi connectivity index (χ0) is 11.2. The van der Waals surface area contributed by atoms with E-state index in [1.54, 1.807) is 12.1 Å². The van der Waals surface area contributed by atoms with Crippen LogP contribution in [-0.2, 0) is 6.42 Å². The molecule has 3 heteroatoms. The Bertz CT molecular complexity index is 321. The quantitative estimate of drug-likeness (QED) is 0.833. The molecule has 0 radical (unpaired) electrons. The molecule has 16 heavy (non-hydrogen) atoms. The Labute approximate surface area is 96.5 Å². The lowest BCUT2D eigenvalue weighted by atomic mass is 10.1. The number of hydrogen-bond donors (Lipinski definition) is 1. The molecule has 1 aromatic rings. The zero-order valence-electron chi connectivity index (χ0n) is 9.58. The number of benzene rings is 1. The van der Waals surface area contributed by atoms with Crippen LogP contribution in [-0.4, -0.2) is 37.6 Å². The van der Waals surface area contributed by atoms with Crippen LogP contribution in [0, 0.1) is 5.82 Å². The van der Waals surface area contributed by atoms with Crippen molar-refractivity contribution >= 4 is 0 Å². The van der Waals surface area contributed by atoms with Crippen molar-refractivity contribution in [1.82, 2.24) is 10.2 Å². The van der Waals surface area contributed by atoms with E-state index in [1.165, 1.54) is 6.07 Å². The summed E-state index contributed by atoms with van der Waals surface area (Å²) in [6.45, 7) is 5.60. The Balaban J connectivity index is 1.71. The third kappa shape index (κ3) is 3.58. The number of aryl methyl sites for hydroxylation is 1. The van der Waals surface area contributed by atoms with Crippen LogP contribution in [0.5, 0.6) is 0 Å². The van der Waals surface area contributed by atoms with Gasteiger partial charge in [-0.2, -0.15) is 0 Å². The molecular formula is C13H19FN2. The van der Waals surface area contributed by atoms with Crippen molar-refractivity contribution < 1.29 is 4.39 Å². The van der Waals surface area contributed by atoms with Gasteiger partial charge in [0.1, 0.15) is 5.82 Å². The Morgan fingerprint density at radius 2 is 2.06 bits per heavy atom.